The van der Waals surface area contributed by atoms with Crippen molar-refractivity contribution in [3.8, 4) is 5.75 Å². The number of hydrogen-bond acceptors (Lipinski definition) is 3. The molecule has 2 saturated heterocycles. The molecule has 138 valence electrons. The maximum atomic E-state index is 6.47. The van der Waals surface area contributed by atoms with Crippen molar-refractivity contribution in [3.05, 3.63) is 65.4 Å². The fourth-order valence-corrected chi connectivity index (χ4v) is 6.15. The van der Waals surface area contributed by atoms with E-state index in [1.807, 2.05) is 6.07 Å². The summed E-state index contributed by atoms with van der Waals surface area (Å²) in [6.45, 7) is 1.16. The van der Waals surface area contributed by atoms with Crippen LogP contribution in [0.1, 0.15) is 35.6 Å². The molecular formula is C24H25NO2. The number of nitrogens with zero attached hydrogens (tertiary/aromatic N) is 1. The summed E-state index contributed by atoms with van der Waals surface area (Å²) in [7, 11) is 1.74. The van der Waals surface area contributed by atoms with Gasteiger partial charge in [0.2, 0.25) is 0 Å². The monoisotopic (exact) mass is 359 g/mol. The van der Waals surface area contributed by atoms with E-state index in [1.54, 1.807) is 7.11 Å². The number of ether oxygens (including phenoxy) is 1. The Balaban J connectivity index is 1.39. The van der Waals surface area contributed by atoms with E-state index in [4.69, 9.17) is 9.15 Å². The van der Waals surface area contributed by atoms with Gasteiger partial charge in [-0.05, 0) is 55.4 Å². The number of methoxy groups -OCH3 is 1. The van der Waals surface area contributed by atoms with Gasteiger partial charge in [0.25, 0.3) is 0 Å². The Kier molecular flexibility index (Phi) is 3.43. The third-order valence-electron chi connectivity index (χ3n) is 7.17. The molecule has 0 amide bonds. The van der Waals surface area contributed by atoms with Crippen LogP contribution in [-0.2, 0) is 12.8 Å². The summed E-state index contributed by atoms with van der Waals surface area (Å²) in [6, 6.07) is 18.6. The second kappa shape index (κ2) is 5.87. The van der Waals surface area contributed by atoms with Crippen molar-refractivity contribution in [3.63, 3.8) is 0 Å². The SMILES string of the molecule is COc1ccc2oc3c(c2c1)CCN1C2CC(Cc4ccccc4)C1C3C2. The van der Waals surface area contributed by atoms with Gasteiger partial charge >= 0.3 is 0 Å². The van der Waals surface area contributed by atoms with Crippen LogP contribution in [0, 0.1) is 5.92 Å². The molecule has 3 aliphatic rings. The quantitative estimate of drug-likeness (QED) is 0.673. The molecule has 2 aromatic carbocycles. The average Bonchev–Trinajstić information content (AvgIpc) is 3.30. The van der Waals surface area contributed by atoms with Crippen molar-refractivity contribution in [2.24, 2.45) is 5.92 Å². The summed E-state index contributed by atoms with van der Waals surface area (Å²) in [5, 5.41) is 1.26. The molecule has 0 saturated carbocycles. The van der Waals surface area contributed by atoms with Gasteiger partial charge < -0.3 is 9.15 Å². The lowest BCUT2D eigenvalue weighted by Gasteiger charge is -2.28. The predicted molar refractivity (Wildman–Crippen MR) is 106 cm³/mol. The van der Waals surface area contributed by atoms with Crippen LogP contribution in [-0.4, -0.2) is 30.6 Å². The molecule has 0 aliphatic carbocycles. The molecule has 0 spiro atoms. The minimum Gasteiger partial charge on any atom is -0.497 e. The first-order valence-corrected chi connectivity index (χ1v) is 10.2. The maximum Gasteiger partial charge on any atom is 0.134 e. The summed E-state index contributed by atoms with van der Waals surface area (Å²) in [5.74, 6) is 3.48. The molecule has 3 aliphatic heterocycles. The summed E-state index contributed by atoms with van der Waals surface area (Å²) in [4.78, 5) is 2.81. The molecule has 27 heavy (non-hydrogen) atoms. The van der Waals surface area contributed by atoms with E-state index in [9.17, 15) is 0 Å². The molecule has 4 heterocycles. The van der Waals surface area contributed by atoms with Crippen LogP contribution in [0.25, 0.3) is 11.0 Å². The minimum atomic E-state index is 0.549. The molecule has 5 unspecified atom stereocenters. The number of furan rings is 1. The first kappa shape index (κ1) is 15.8. The van der Waals surface area contributed by atoms with E-state index < -0.39 is 0 Å². The Morgan fingerprint density at radius 3 is 2.85 bits per heavy atom. The first-order valence-electron chi connectivity index (χ1n) is 10.2. The number of benzene rings is 2. The fourth-order valence-electron chi connectivity index (χ4n) is 6.15. The van der Waals surface area contributed by atoms with Gasteiger partial charge in [-0.25, -0.2) is 0 Å². The zero-order valence-corrected chi connectivity index (χ0v) is 15.7. The van der Waals surface area contributed by atoms with E-state index in [0.29, 0.717) is 12.0 Å². The van der Waals surface area contributed by atoms with Gasteiger partial charge in [0.1, 0.15) is 17.1 Å². The van der Waals surface area contributed by atoms with E-state index in [2.05, 4.69) is 47.4 Å². The zero-order chi connectivity index (χ0) is 18.0. The Labute approximate surface area is 159 Å². The first-order chi connectivity index (χ1) is 13.3. The second-order valence-electron chi connectivity index (χ2n) is 8.47. The molecule has 5 atom stereocenters. The standard InChI is InChI=1S/C24H25NO2/c1-26-18-7-8-22-20(14-18)19-9-10-25-17-12-16(11-15-5-3-2-4-6-15)23(25)21(13-17)24(19)27-22/h2-8,14,16-17,21,23H,9-13H2,1H3. The molecule has 1 aromatic heterocycles. The van der Waals surface area contributed by atoms with Crippen LogP contribution in [0.3, 0.4) is 0 Å². The Bertz CT molecular complexity index is 992. The smallest absolute Gasteiger partial charge is 0.134 e. The lowest BCUT2D eigenvalue weighted by atomic mass is 9.76. The highest BCUT2D eigenvalue weighted by molar-refractivity contribution is 5.84. The van der Waals surface area contributed by atoms with Gasteiger partial charge in [-0.3, -0.25) is 4.90 Å². The lowest BCUT2D eigenvalue weighted by Crippen LogP contribution is -2.33. The Hall–Kier alpha value is -2.26. The van der Waals surface area contributed by atoms with E-state index >= 15 is 0 Å². The van der Waals surface area contributed by atoms with Crippen LogP contribution in [0.4, 0.5) is 0 Å². The van der Waals surface area contributed by atoms with Gasteiger partial charge in [0.05, 0.1) is 7.11 Å². The van der Waals surface area contributed by atoms with Crippen molar-refractivity contribution >= 4 is 11.0 Å². The third kappa shape index (κ3) is 2.31. The van der Waals surface area contributed by atoms with Crippen LogP contribution in [0.15, 0.2) is 52.9 Å². The van der Waals surface area contributed by atoms with Crippen molar-refractivity contribution in [2.45, 2.75) is 43.7 Å². The molecule has 3 nitrogen and oxygen atoms in total. The molecular weight excluding hydrogens is 334 g/mol. The van der Waals surface area contributed by atoms with E-state index in [1.165, 1.54) is 41.5 Å². The van der Waals surface area contributed by atoms with Gasteiger partial charge in [0, 0.05) is 35.5 Å². The van der Waals surface area contributed by atoms with E-state index in [0.717, 1.165) is 36.3 Å². The second-order valence-corrected chi connectivity index (χ2v) is 8.47. The lowest BCUT2D eigenvalue weighted by molar-refractivity contribution is 0.231. The Morgan fingerprint density at radius 2 is 2.00 bits per heavy atom. The average molecular weight is 359 g/mol. The maximum absolute atomic E-state index is 6.47. The van der Waals surface area contributed by atoms with Crippen LogP contribution in [0.2, 0.25) is 0 Å². The van der Waals surface area contributed by atoms with Gasteiger partial charge in [-0.2, -0.15) is 0 Å². The zero-order valence-electron chi connectivity index (χ0n) is 15.7. The molecule has 3 heteroatoms. The predicted octanol–water partition coefficient (Wildman–Crippen LogP) is 4.79. The Morgan fingerprint density at radius 1 is 1.11 bits per heavy atom. The fraction of sp³-hybridized carbons (Fsp3) is 0.417. The minimum absolute atomic E-state index is 0.549. The van der Waals surface area contributed by atoms with Crippen LogP contribution < -0.4 is 4.74 Å². The van der Waals surface area contributed by atoms with Crippen molar-refractivity contribution in [2.75, 3.05) is 13.7 Å². The summed E-state index contributed by atoms with van der Waals surface area (Å²) in [5.41, 5.74) is 3.93. The molecule has 0 N–H and O–H groups in total. The van der Waals surface area contributed by atoms with Gasteiger partial charge in [-0.15, -0.1) is 0 Å². The highest BCUT2D eigenvalue weighted by Gasteiger charge is 2.54. The van der Waals surface area contributed by atoms with Crippen LogP contribution >= 0.6 is 0 Å². The molecule has 0 radical (unpaired) electrons. The highest BCUT2D eigenvalue weighted by Crippen LogP contribution is 2.54. The summed E-state index contributed by atoms with van der Waals surface area (Å²) >= 11 is 0. The largest absolute Gasteiger partial charge is 0.497 e. The number of rotatable bonds is 3. The van der Waals surface area contributed by atoms with Gasteiger partial charge in [-0.1, -0.05) is 30.3 Å². The van der Waals surface area contributed by atoms with E-state index in [-0.39, 0.29) is 0 Å². The summed E-state index contributed by atoms with van der Waals surface area (Å²) < 4.78 is 11.9. The summed E-state index contributed by atoms with van der Waals surface area (Å²) in [6.07, 6.45) is 4.90. The highest BCUT2D eigenvalue weighted by atomic mass is 16.5. The van der Waals surface area contributed by atoms with Crippen molar-refractivity contribution in [1.29, 1.82) is 0 Å². The van der Waals surface area contributed by atoms with Crippen molar-refractivity contribution in [1.82, 2.24) is 4.90 Å². The number of hydrogen-bond donors (Lipinski definition) is 0. The topological polar surface area (TPSA) is 25.6 Å². The third-order valence-corrected chi connectivity index (χ3v) is 7.17. The molecule has 2 fully saturated rings. The van der Waals surface area contributed by atoms with Crippen molar-refractivity contribution < 1.29 is 9.15 Å². The molecule has 3 aromatic rings. The number of fused-ring (bicyclic) bond motifs is 4. The van der Waals surface area contributed by atoms with Gasteiger partial charge in [0.15, 0.2) is 0 Å². The normalized spacial score (nSPS) is 31.1. The molecule has 4 bridgehead atoms. The van der Waals surface area contributed by atoms with Crippen LogP contribution in [0.5, 0.6) is 5.75 Å². The molecule has 6 rings (SSSR count).